The van der Waals surface area contributed by atoms with Gasteiger partial charge in [0.2, 0.25) is 0 Å². The van der Waals surface area contributed by atoms with Crippen LogP contribution in [0.5, 0.6) is 0 Å². The summed E-state index contributed by atoms with van der Waals surface area (Å²) in [5, 5.41) is 3.28. The van der Waals surface area contributed by atoms with Crippen LogP contribution >= 0.6 is 0 Å². The summed E-state index contributed by atoms with van der Waals surface area (Å²) in [6.45, 7) is 0. The van der Waals surface area contributed by atoms with Crippen molar-refractivity contribution in [2.75, 3.05) is 0 Å². The average Bonchev–Trinajstić information content (AvgIpc) is 3.72. The second kappa shape index (κ2) is 10.9. The lowest BCUT2D eigenvalue weighted by molar-refractivity contribution is 0.669. The van der Waals surface area contributed by atoms with Crippen molar-refractivity contribution in [2.24, 2.45) is 0 Å². The van der Waals surface area contributed by atoms with Crippen LogP contribution in [0.1, 0.15) is 20.6 Å². The highest BCUT2D eigenvalue weighted by molar-refractivity contribution is 6.26. The smallest absolute Gasteiger partial charge is 0.136 e. The van der Waals surface area contributed by atoms with Gasteiger partial charge in [-0.3, -0.25) is 0 Å². The molecule has 0 bridgehead atoms. The van der Waals surface area contributed by atoms with Gasteiger partial charge in [-0.15, -0.1) is 0 Å². The number of hydrogen-bond donors (Lipinski definition) is 0. The summed E-state index contributed by atoms with van der Waals surface area (Å²) in [6.07, 6.45) is 0. The van der Waals surface area contributed by atoms with E-state index >= 15 is 0 Å². The van der Waals surface area contributed by atoms with Gasteiger partial charge in [-0.05, 0) is 112 Å². The molecule has 0 N–H and O–H groups in total. The van der Waals surface area contributed by atoms with Crippen molar-refractivity contribution in [2.45, 2.75) is 0 Å². The summed E-state index contributed by atoms with van der Waals surface area (Å²) in [6, 6.07) is 18.5. The maximum atomic E-state index is 9.61. The Balaban J connectivity index is 1.40. The minimum absolute atomic E-state index is 0.0189. The SMILES string of the molecule is [2H]c1c([2H])c([2H])c2c(-c3c4c([2H])c([2H])c([2H])c([2H])c4c(-c4cc(-c5cccc6oc7ccc8ccccc8c7c56)c5ccccc5c4)c4c([2H])c([2H])c([2H])c([2H])c34)c([2H])c([2H])c([2H])c2c1[2H]. The van der Waals surface area contributed by atoms with Gasteiger partial charge in [0.1, 0.15) is 11.2 Å². The standard InChI is InChI=1S/C50H30O/c1-4-17-35-31(13-1)16-11-24-38(35)48-41-22-9-7-20-39(41)47(40-21-8-10-23-42(40)48)34-29-33-15-3-5-18-36(33)44(30-34)43-25-12-26-45-50(43)49-37-19-6-2-14-32(37)27-28-46(49)51-45/h1-30H/i1D,4D,7D,8D,9D,10D,11D,13D,16D,17D,20D,21D,22D,23D,24D. The fourth-order valence-corrected chi connectivity index (χ4v) is 7.65. The van der Waals surface area contributed by atoms with E-state index < -0.39 is 107 Å². The molecular weight excluding hydrogens is 617 g/mol. The predicted molar refractivity (Wildman–Crippen MR) is 218 cm³/mol. The Kier molecular flexibility index (Phi) is 3.70. The van der Waals surface area contributed by atoms with Crippen LogP contribution in [0.2, 0.25) is 0 Å². The monoisotopic (exact) mass is 661 g/mol. The molecule has 0 saturated carbocycles. The maximum Gasteiger partial charge on any atom is 0.136 e. The molecule has 236 valence electrons. The molecular formula is C50H30O. The molecule has 11 aromatic rings. The largest absolute Gasteiger partial charge is 0.456 e. The van der Waals surface area contributed by atoms with Gasteiger partial charge in [-0.25, -0.2) is 0 Å². The molecule has 1 heteroatoms. The average molecular weight is 662 g/mol. The van der Waals surface area contributed by atoms with E-state index in [9.17, 15) is 6.85 Å². The quantitative estimate of drug-likeness (QED) is 0.172. The fraction of sp³-hybridized carbons (Fsp3) is 0. The topological polar surface area (TPSA) is 13.1 Å². The molecule has 0 aliphatic rings. The molecule has 0 fully saturated rings. The van der Waals surface area contributed by atoms with Gasteiger partial charge >= 0.3 is 0 Å². The second-order valence-electron chi connectivity index (χ2n) is 12.4. The molecule has 0 unspecified atom stereocenters. The molecule has 0 saturated heterocycles. The van der Waals surface area contributed by atoms with Crippen molar-refractivity contribution in [1.29, 1.82) is 0 Å². The Morgan fingerprint density at radius 2 is 0.980 bits per heavy atom. The van der Waals surface area contributed by atoms with Crippen molar-refractivity contribution in [3.63, 3.8) is 0 Å². The van der Waals surface area contributed by atoms with E-state index in [1.807, 2.05) is 84.9 Å². The number of rotatable bonds is 3. The number of furan rings is 1. The van der Waals surface area contributed by atoms with Gasteiger partial charge in [0, 0.05) is 10.8 Å². The van der Waals surface area contributed by atoms with Gasteiger partial charge < -0.3 is 4.42 Å². The Morgan fingerprint density at radius 1 is 0.353 bits per heavy atom. The highest BCUT2D eigenvalue weighted by atomic mass is 16.3. The van der Waals surface area contributed by atoms with E-state index in [2.05, 4.69) is 0 Å². The fourth-order valence-electron chi connectivity index (χ4n) is 7.65. The van der Waals surface area contributed by atoms with Gasteiger partial charge in [0.25, 0.3) is 0 Å². The molecule has 0 radical (unpaired) electrons. The van der Waals surface area contributed by atoms with Crippen molar-refractivity contribution >= 4 is 75.8 Å². The molecule has 0 spiro atoms. The van der Waals surface area contributed by atoms with Crippen LogP contribution in [0, 0.1) is 0 Å². The Morgan fingerprint density at radius 3 is 1.76 bits per heavy atom. The zero-order valence-corrected chi connectivity index (χ0v) is 26.6. The van der Waals surface area contributed by atoms with Gasteiger partial charge in [0.05, 0.1) is 20.6 Å². The highest BCUT2D eigenvalue weighted by Crippen LogP contribution is 2.48. The zero-order valence-electron chi connectivity index (χ0n) is 41.6. The first-order valence-electron chi connectivity index (χ1n) is 23.9. The van der Waals surface area contributed by atoms with E-state index in [0.717, 1.165) is 32.5 Å². The van der Waals surface area contributed by atoms with E-state index in [1.54, 1.807) is 6.07 Å². The van der Waals surface area contributed by atoms with Crippen LogP contribution in [0.3, 0.4) is 0 Å². The van der Waals surface area contributed by atoms with Crippen LogP contribution in [0.4, 0.5) is 0 Å². The van der Waals surface area contributed by atoms with E-state index in [1.165, 1.54) is 0 Å². The Bertz CT molecular complexity index is 3970. The molecule has 11 rings (SSSR count). The Hall–Kier alpha value is -6.70. The number of benzene rings is 10. The van der Waals surface area contributed by atoms with Crippen molar-refractivity contribution in [3.8, 4) is 33.4 Å². The summed E-state index contributed by atoms with van der Waals surface area (Å²) >= 11 is 0. The molecule has 0 amide bonds. The first-order valence-corrected chi connectivity index (χ1v) is 16.4. The van der Waals surface area contributed by atoms with Crippen LogP contribution in [-0.2, 0) is 0 Å². The minimum Gasteiger partial charge on any atom is -0.456 e. The maximum absolute atomic E-state index is 9.61. The predicted octanol–water partition coefficient (Wildman–Crippen LogP) is 14.4. The summed E-state index contributed by atoms with van der Waals surface area (Å²) in [7, 11) is 0. The molecule has 1 heterocycles. The van der Waals surface area contributed by atoms with Crippen LogP contribution in [0.15, 0.2) is 186 Å². The number of hydrogen-bond acceptors (Lipinski definition) is 1. The Labute approximate surface area is 315 Å². The third-order valence-electron chi connectivity index (χ3n) is 9.77. The van der Waals surface area contributed by atoms with Gasteiger partial charge in [-0.2, -0.15) is 0 Å². The van der Waals surface area contributed by atoms with Crippen molar-refractivity contribution in [3.05, 3.63) is 182 Å². The van der Waals surface area contributed by atoms with E-state index in [-0.39, 0.29) is 32.7 Å². The first kappa shape index (κ1) is 17.3. The van der Waals surface area contributed by atoms with Crippen LogP contribution in [0.25, 0.3) is 109 Å². The molecule has 0 atom stereocenters. The van der Waals surface area contributed by atoms with Gasteiger partial charge in [0.15, 0.2) is 0 Å². The lowest BCUT2D eigenvalue weighted by Gasteiger charge is -2.20. The van der Waals surface area contributed by atoms with E-state index in [4.69, 9.17) is 18.1 Å². The minimum atomic E-state index is -0.762. The molecule has 0 aliphatic heterocycles. The van der Waals surface area contributed by atoms with Crippen LogP contribution in [-0.4, -0.2) is 0 Å². The lowest BCUT2D eigenvalue weighted by atomic mass is 9.83. The highest BCUT2D eigenvalue weighted by Gasteiger charge is 2.21. The third-order valence-corrected chi connectivity index (χ3v) is 9.77. The lowest BCUT2D eigenvalue weighted by Crippen LogP contribution is -1.93. The third kappa shape index (κ3) is 4.16. The van der Waals surface area contributed by atoms with E-state index in [0.29, 0.717) is 27.7 Å². The molecule has 0 aliphatic carbocycles. The van der Waals surface area contributed by atoms with Crippen molar-refractivity contribution < 1.29 is 25.0 Å². The van der Waals surface area contributed by atoms with Crippen molar-refractivity contribution in [1.82, 2.24) is 0 Å². The van der Waals surface area contributed by atoms with Crippen LogP contribution < -0.4 is 0 Å². The summed E-state index contributed by atoms with van der Waals surface area (Å²) < 4.78 is 143. The summed E-state index contributed by atoms with van der Waals surface area (Å²) in [5.74, 6) is 0. The summed E-state index contributed by atoms with van der Waals surface area (Å²) in [5.41, 5.74) is 2.24. The zero-order chi connectivity index (χ0) is 46.5. The number of fused-ring (bicyclic) bond motifs is 9. The molecule has 10 aromatic carbocycles. The molecule has 1 aromatic heterocycles. The first-order chi connectivity index (χ1) is 31.5. The molecule has 1 nitrogen and oxygen atoms in total. The second-order valence-corrected chi connectivity index (χ2v) is 12.4. The normalized spacial score (nSPS) is 16.0. The summed E-state index contributed by atoms with van der Waals surface area (Å²) in [4.78, 5) is 0. The van der Waals surface area contributed by atoms with Gasteiger partial charge in [-0.1, -0.05) is 157 Å². The molecule has 51 heavy (non-hydrogen) atoms.